The molecule has 6 rings (SSSR count). The second-order valence-electron chi connectivity index (χ2n) is 12.8. The lowest BCUT2D eigenvalue weighted by atomic mass is 10.00. The van der Waals surface area contributed by atoms with E-state index in [-0.39, 0.29) is 30.3 Å². The summed E-state index contributed by atoms with van der Waals surface area (Å²) < 4.78 is 39.4. The molecular formula is C34H44FN6O4P. The zero-order chi connectivity index (χ0) is 32.7. The number of aliphatic hydroxyl groups is 1. The van der Waals surface area contributed by atoms with Gasteiger partial charge >= 0.3 is 5.69 Å². The van der Waals surface area contributed by atoms with Gasteiger partial charge in [-0.1, -0.05) is 0 Å². The third-order valence-corrected chi connectivity index (χ3v) is 12.7. The van der Waals surface area contributed by atoms with Crippen molar-refractivity contribution in [3.8, 4) is 17.2 Å². The van der Waals surface area contributed by atoms with Crippen molar-refractivity contribution in [1.29, 1.82) is 0 Å². The molecule has 12 heteroatoms. The Morgan fingerprint density at radius 1 is 1.04 bits per heavy atom. The maximum atomic E-state index is 14.7. The number of aromatic nitrogens is 4. The highest BCUT2D eigenvalue weighted by molar-refractivity contribution is 7.71. The van der Waals surface area contributed by atoms with Crippen molar-refractivity contribution in [3.63, 3.8) is 0 Å². The standard InChI is InChI=1S/C34H44FN6O4P/c1-23-20-28(21-24(2)32(23)35)41-33(31-26(4)38(12-10-30(31)36-41)22-45-25(3)11-17-42)40-14-13-39(34(40)43)27-6-8-29(9-7-27)46(44)18-15-37(5)16-19-46/h6-9,13-14,20-21,25-26,42H,10-12,15-19,22H2,1-5H3/t25?,26-/m0/s1. The van der Waals surface area contributed by atoms with Crippen LogP contribution in [0.3, 0.4) is 0 Å². The number of imidazole rings is 1. The van der Waals surface area contributed by atoms with Crippen molar-refractivity contribution in [3.05, 3.63) is 87.5 Å². The normalized spacial score (nSPS) is 19.3. The Morgan fingerprint density at radius 3 is 2.35 bits per heavy atom. The van der Waals surface area contributed by atoms with Crippen LogP contribution in [-0.4, -0.2) is 92.3 Å². The zero-order valence-electron chi connectivity index (χ0n) is 27.3. The number of aryl methyl sites for hydroxylation is 2. The highest BCUT2D eigenvalue weighted by Crippen LogP contribution is 2.46. The van der Waals surface area contributed by atoms with E-state index in [1.165, 1.54) is 0 Å². The van der Waals surface area contributed by atoms with E-state index in [1.54, 1.807) is 52.2 Å². The molecule has 2 aliphatic rings. The van der Waals surface area contributed by atoms with Crippen LogP contribution in [0.15, 0.2) is 53.6 Å². The van der Waals surface area contributed by atoms with E-state index < -0.39 is 7.14 Å². The molecule has 46 heavy (non-hydrogen) atoms. The average molecular weight is 651 g/mol. The molecule has 0 aliphatic carbocycles. The van der Waals surface area contributed by atoms with E-state index in [2.05, 4.69) is 23.8 Å². The van der Waals surface area contributed by atoms with Crippen LogP contribution >= 0.6 is 7.14 Å². The summed E-state index contributed by atoms with van der Waals surface area (Å²) >= 11 is 0. The van der Waals surface area contributed by atoms with Crippen LogP contribution < -0.4 is 11.0 Å². The molecule has 246 valence electrons. The van der Waals surface area contributed by atoms with Gasteiger partial charge in [0.1, 0.15) is 18.8 Å². The van der Waals surface area contributed by atoms with Crippen molar-refractivity contribution in [2.45, 2.75) is 52.7 Å². The SMILES string of the molecule is Cc1cc(-n2nc3c(c2-n2ccn(-c4ccc(P5(=O)CCN(C)CC5)cc4)c2=O)[C@H](C)N(COC(C)CCO)CC3)cc(C)c1F. The molecular weight excluding hydrogens is 606 g/mol. The Labute approximate surface area is 269 Å². The fourth-order valence-corrected chi connectivity index (χ4v) is 9.35. The van der Waals surface area contributed by atoms with Gasteiger partial charge in [-0.25, -0.2) is 13.9 Å². The highest BCUT2D eigenvalue weighted by Gasteiger charge is 2.34. The summed E-state index contributed by atoms with van der Waals surface area (Å²) in [5.74, 6) is 0.349. The van der Waals surface area contributed by atoms with E-state index in [0.717, 1.165) is 36.2 Å². The number of aliphatic hydroxyl groups excluding tert-OH is 1. The highest BCUT2D eigenvalue weighted by atomic mass is 31.2. The number of ether oxygens (including phenoxy) is 1. The van der Waals surface area contributed by atoms with E-state index in [0.29, 0.717) is 60.2 Å². The molecule has 2 aromatic heterocycles. The van der Waals surface area contributed by atoms with Crippen LogP contribution in [0, 0.1) is 19.7 Å². The second-order valence-corrected chi connectivity index (χ2v) is 16.0. The summed E-state index contributed by atoms with van der Waals surface area (Å²) in [6.07, 6.45) is 5.94. The van der Waals surface area contributed by atoms with Crippen LogP contribution in [-0.2, 0) is 15.7 Å². The van der Waals surface area contributed by atoms with Crippen molar-refractivity contribution < 1.29 is 18.8 Å². The smallest absolute Gasteiger partial charge is 0.338 e. The van der Waals surface area contributed by atoms with Gasteiger partial charge in [-0.15, -0.1) is 0 Å². The zero-order valence-corrected chi connectivity index (χ0v) is 28.2. The molecule has 0 radical (unpaired) electrons. The van der Waals surface area contributed by atoms with Crippen molar-refractivity contribution >= 4 is 12.4 Å². The summed E-state index contributed by atoms with van der Waals surface area (Å²) in [5, 5.41) is 15.2. The second kappa shape index (κ2) is 13.0. The minimum absolute atomic E-state index is 0.0633. The van der Waals surface area contributed by atoms with Crippen LogP contribution in [0.4, 0.5) is 4.39 Å². The molecule has 1 N–H and O–H groups in total. The van der Waals surface area contributed by atoms with Gasteiger partial charge in [0, 0.05) is 74.3 Å². The van der Waals surface area contributed by atoms with Gasteiger partial charge in [0.25, 0.3) is 0 Å². The molecule has 4 heterocycles. The van der Waals surface area contributed by atoms with Crippen LogP contribution in [0.1, 0.15) is 48.7 Å². The molecule has 2 aliphatic heterocycles. The molecule has 4 aromatic rings. The fourth-order valence-electron chi connectivity index (χ4n) is 6.59. The lowest BCUT2D eigenvalue weighted by Gasteiger charge is -2.33. The van der Waals surface area contributed by atoms with Crippen LogP contribution in [0.5, 0.6) is 0 Å². The molecule has 0 saturated carbocycles. The Hall–Kier alpha value is -3.34. The Morgan fingerprint density at radius 2 is 1.70 bits per heavy atom. The molecule has 2 aromatic carbocycles. The van der Waals surface area contributed by atoms with Gasteiger partial charge in [-0.2, -0.15) is 5.10 Å². The maximum Gasteiger partial charge on any atom is 0.338 e. The first kappa shape index (κ1) is 32.6. The van der Waals surface area contributed by atoms with Gasteiger partial charge in [-0.3, -0.25) is 14.0 Å². The summed E-state index contributed by atoms with van der Waals surface area (Å²) in [6, 6.07) is 10.9. The van der Waals surface area contributed by atoms with E-state index in [4.69, 9.17) is 9.84 Å². The average Bonchev–Trinajstić information content (AvgIpc) is 3.61. The fraction of sp³-hybridized carbons (Fsp3) is 0.471. The molecule has 0 amide bonds. The molecule has 1 saturated heterocycles. The Balaban J connectivity index is 1.41. The van der Waals surface area contributed by atoms with Gasteiger partial charge in [0.2, 0.25) is 0 Å². The van der Waals surface area contributed by atoms with E-state index in [9.17, 15) is 18.9 Å². The Kier molecular flexibility index (Phi) is 9.24. The number of hydrogen-bond donors (Lipinski definition) is 1. The summed E-state index contributed by atoms with van der Waals surface area (Å²) in [7, 11) is -0.403. The topological polar surface area (TPSA) is 97.8 Å². The number of rotatable bonds is 9. The summed E-state index contributed by atoms with van der Waals surface area (Å²) in [4.78, 5) is 18.6. The monoisotopic (exact) mass is 650 g/mol. The minimum Gasteiger partial charge on any atom is -0.396 e. The summed E-state index contributed by atoms with van der Waals surface area (Å²) in [5.41, 5.74) is 3.90. The predicted octanol–water partition coefficient (Wildman–Crippen LogP) is 4.17. The number of nitrogens with zero attached hydrogens (tertiary/aromatic N) is 6. The maximum absolute atomic E-state index is 14.7. The van der Waals surface area contributed by atoms with Gasteiger partial charge in [0.15, 0.2) is 0 Å². The number of hydrogen-bond acceptors (Lipinski definition) is 7. The van der Waals surface area contributed by atoms with Crippen LogP contribution in [0.25, 0.3) is 17.2 Å². The number of halogens is 1. The quantitative estimate of drug-likeness (QED) is 0.272. The van der Waals surface area contributed by atoms with Crippen molar-refractivity contribution in [2.75, 3.05) is 52.3 Å². The van der Waals surface area contributed by atoms with Gasteiger partial charge in [-0.05, 0) is 88.7 Å². The molecule has 0 bridgehead atoms. The van der Waals surface area contributed by atoms with Crippen LogP contribution in [0.2, 0.25) is 0 Å². The lowest BCUT2D eigenvalue weighted by Crippen LogP contribution is -2.37. The van der Waals surface area contributed by atoms with Crippen molar-refractivity contribution in [2.24, 2.45) is 0 Å². The van der Waals surface area contributed by atoms with Gasteiger partial charge < -0.3 is 19.3 Å². The lowest BCUT2D eigenvalue weighted by molar-refractivity contribution is -0.0399. The summed E-state index contributed by atoms with van der Waals surface area (Å²) in [6.45, 7) is 10.3. The number of benzene rings is 2. The van der Waals surface area contributed by atoms with Crippen molar-refractivity contribution in [1.82, 2.24) is 28.7 Å². The predicted molar refractivity (Wildman–Crippen MR) is 178 cm³/mol. The third-order valence-electron chi connectivity index (χ3n) is 9.59. The number of fused-ring (bicyclic) bond motifs is 1. The first-order valence-corrected chi connectivity index (χ1v) is 18.1. The largest absolute Gasteiger partial charge is 0.396 e. The third kappa shape index (κ3) is 6.07. The van der Waals surface area contributed by atoms with Gasteiger partial charge in [0.05, 0.1) is 29.9 Å². The molecule has 1 fully saturated rings. The minimum atomic E-state index is -2.46. The molecule has 2 atom stereocenters. The van der Waals surface area contributed by atoms with E-state index >= 15 is 0 Å². The van der Waals surface area contributed by atoms with E-state index in [1.807, 2.05) is 31.2 Å². The Bertz CT molecular complexity index is 1790. The molecule has 1 unspecified atom stereocenters. The first-order valence-electron chi connectivity index (χ1n) is 16.0. The molecule has 0 spiro atoms. The molecule has 10 nitrogen and oxygen atoms in total. The first-order chi connectivity index (χ1) is 22.0.